The zero-order valence-electron chi connectivity index (χ0n) is 20.0. The van der Waals surface area contributed by atoms with E-state index in [-0.39, 0.29) is 17.7 Å². The van der Waals surface area contributed by atoms with Crippen LogP contribution in [-0.4, -0.2) is 23.3 Å². The maximum atomic E-state index is 15.1. The molecule has 0 bridgehead atoms. The Bertz CT molecular complexity index is 1130. The van der Waals surface area contributed by atoms with Gasteiger partial charge in [-0.1, -0.05) is 30.4 Å². The van der Waals surface area contributed by atoms with Crippen molar-refractivity contribution in [3.63, 3.8) is 0 Å². The molecule has 1 aliphatic heterocycles. The molecule has 2 aliphatic rings. The second-order valence-corrected chi connectivity index (χ2v) is 10.3. The van der Waals surface area contributed by atoms with E-state index in [1.807, 2.05) is 19.1 Å². The first-order valence-corrected chi connectivity index (χ1v) is 11.5. The molecular formula is C27H30F2N2O3. The van der Waals surface area contributed by atoms with Gasteiger partial charge in [0.05, 0.1) is 5.54 Å². The van der Waals surface area contributed by atoms with Gasteiger partial charge < -0.3 is 9.47 Å². The standard InChI is InChI=1S/C27H30F2N2O3/c1-25(2,3)34-24(32)30-23-31-26(4,17-27(33-23)14-5-15-27)21-16-19(10-13-22(21)29)7-6-18-8-11-20(28)12-9-18/h6-13,16H,5,14-15,17H2,1-4H3,(H,30,31,32)/t26-/m0/s1. The van der Waals surface area contributed by atoms with Crippen molar-refractivity contribution < 1.29 is 23.0 Å². The first kappa shape index (κ1) is 23.9. The maximum absolute atomic E-state index is 15.1. The first-order chi connectivity index (χ1) is 16.0. The van der Waals surface area contributed by atoms with Crippen LogP contribution in [0.25, 0.3) is 12.2 Å². The van der Waals surface area contributed by atoms with E-state index in [9.17, 15) is 9.18 Å². The quantitative estimate of drug-likeness (QED) is 0.518. The van der Waals surface area contributed by atoms with Crippen LogP contribution in [0.2, 0.25) is 0 Å². The summed E-state index contributed by atoms with van der Waals surface area (Å²) < 4.78 is 39.7. The molecular weight excluding hydrogens is 438 g/mol. The van der Waals surface area contributed by atoms with Crippen LogP contribution in [0.3, 0.4) is 0 Å². The van der Waals surface area contributed by atoms with Gasteiger partial charge in [0.1, 0.15) is 22.8 Å². The molecule has 0 radical (unpaired) electrons. The number of ether oxygens (including phenoxy) is 2. The summed E-state index contributed by atoms with van der Waals surface area (Å²) in [7, 11) is 0. The number of carbonyl (C=O) groups excluding carboxylic acids is 1. The van der Waals surface area contributed by atoms with Crippen molar-refractivity contribution >= 4 is 24.3 Å². The second-order valence-electron chi connectivity index (χ2n) is 10.3. The first-order valence-electron chi connectivity index (χ1n) is 11.5. The van der Waals surface area contributed by atoms with Crippen LogP contribution < -0.4 is 5.32 Å². The second kappa shape index (κ2) is 8.85. The molecule has 1 saturated carbocycles. The summed E-state index contributed by atoms with van der Waals surface area (Å²) in [6.45, 7) is 7.17. The lowest BCUT2D eigenvalue weighted by atomic mass is 9.69. The molecule has 1 fully saturated rings. The van der Waals surface area contributed by atoms with Crippen molar-refractivity contribution in [3.05, 3.63) is 70.8 Å². The zero-order chi connectivity index (χ0) is 24.6. The smallest absolute Gasteiger partial charge is 0.415 e. The van der Waals surface area contributed by atoms with Gasteiger partial charge in [0.2, 0.25) is 0 Å². The summed E-state index contributed by atoms with van der Waals surface area (Å²) in [5.74, 6) is -0.676. The normalized spacial score (nSPS) is 21.5. The lowest BCUT2D eigenvalue weighted by Gasteiger charge is -2.49. The van der Waals surface area contributed by atoms with E-state index in [1.54, 1.807) is 45.0 Å². The number of halogens is 2. The van der Waals surface area contributed by atoms with Crippen LogP contribution in [0.1, 0.15) is 70.1 Å². The highest BCUT2D eigenvalue weighted by Crippen LogP contribution is 2.49. The Morgan fingerprint density at radius 2 is 1.74 bits per heavy atom. The number of carbonyl (C=O) groups is 1. The Morgan fingerprint density at radius 3 is 2.35 bits per heavy atom. The third-order valence-corrected chi connectivity index (χ3v) is 6.11. The minimum absolute atomic E-state index is 0.0503. The molecule has 7 heteroatoms. The fourth-order valence-electron chi connectivity index (χ4n) is 4.43. The number of benzene rings is 2. The molecule has 0 unspecified atom stereocenters. The lowest BCUT2D eigenvalue weighted by molar-refractivity contribution is -0.0612. The number of hydrogen-bond donors (Lipinski definition) is 1. The van der Waals surface area contributed by atoms with Gasteiger partial charge in [-0.3, -0.25) is 0 Å². The third kappa shape index (κ3) is 5.46. The highest BCUT2D eigenvalue weighted by molar-refractivity contribution is 5.91. The summed E-state index contributed by atoms with van der Waals surface area (Å²) >= 11 is 0. The minimum Gasteiger partial charge on any atom is -0.458 e. The molecule has 180 valence electrons. The van der Waals surface area contributed by atoms with Crippen LogP contribution in [-0.2, 0) is 15.0 Å². The van der Waals surface area contributed by atoms with Crippen molar-refractivity contribution in [2.24, 2.45) is 4.99 Å². The fraction of sp³-hybridized carbons (Fsp3) is 0.407. The molecule has 1 amide bonds. The summed E-state index contributed by atoms with van der Waals surface area (Å²) in [4.78, 5) is 17.0. The van der Waals surface area contributed by atoms with Gasteiger partial charge in [0, 0.05) is 12.0 Å². The SMILES string of the molecule is CC(C)(C)OC(=O)NC1=N[C@](C)(c2cc(C=Cc3ccc(F)cc3)ccc2F)CC2(CCC2)O1. The predicted molar refractivity (Wildman–Crippen MR) is 128 cm³/mol. The van der Waals surface area contributed by atoms with Crippen LogP contribution in [0.4, 0.5) is 13.6 Å². The Labute approximate surface area is 198 Å². The zero-order valence-corrected chi connectivity index (χ0v) is 20.0. The lowest BCUT2D eigenvalue weighted by Crippen LogP contribution is -2.54. The molecule has 4 rings (SSSR count). The van der Waals surface area contributed by atoms with Crippen LogP contribution in [0.5, 0.6) is 0 Å². The number of alkyl carbamates (subject to hydrolysis) is 1. The number of aliphatic imine (C=N–C) groups is 1. The Balaban J connectivity index is 1.64. The highest BCUT2D eigenvalue weighted by Gasteiger charge is 2.51. The van der Waals surface area contributed by atoms with E-state index in [4.69, 9.17) is 9.47 Å². The topological polar surface area (TPSA) is 59.9 Å². The number of amidine groups is 1. The maximum Gasteiger partial charge on any atom is 0.415 e. The predicted octanol–water partition coefficient (Wildman–Crippen LogP) is 6.57. The molecule has 34 heavy (non-hydrogen) atoms. The van der Waals surface area contributed by atoms with Crippen molar-refractivity contribution in [3.8, 4) is 0 Å². The molecule has 2 aromatic rings. The molecule has 0 aromatic heterocycles. The van der Waals surface area contributed by atoms with Gasteiger partial charge in [-0.25, -0.2) is 23.9 Å². The molecule has 0 saturated heterocycles. The average Bonchev–Trinajstić information content (AvgIpc) is 2.71. The van der Waals surface area contributed by atoms with E-state index in [2.05, 4.69) is 10.3 Å². The summed E-state index contributed by atoms with van der Waals surface area (Å²) in [5.41, 5.74) is -0.0617. The molecule has 1 N–H and O–H groups in total. The number of hydrogen-bond acceptors (Lipinski definition) is 4. The van der Waals surface area contributed by atoms with Crippen molar-refractivity contribution in [2.45, 2.75) is 70.1 Å². The van der Waals surface area contributed by atoms with Crippen molar-refractivity contribution in [1.29, 1.82) is 0 Å². The number of rotatable bonds is 3. The fourth-order valence-corrected chi connectivity index (χ4v) is 4.43. The Kier molecular flexibility index (Phi) is 6.23. The molecule has 5 nitrogen and oxygen atoms in total. The van der Waals surface area contributed by atoms with Gasteiger partial charge in [0.25, 0.3) is 6.02 Å². The van der Waals surface area contributed by atoms with Gasteiger partial charge in [-0.2, -0.15) is 0 Å². The van der Waals surface area contributed by atoms with E-state index in [0.29, 0.717) is 12.0 Å². The average molecular weight is 469 g/mol. The van der Waals surface area contributed by atoms with Crippen LogP contribution >= 0.6 is 0 Å². The van der Waals surface area contributed by atoms with Crippen LogP contribution in [0, 0.1) is 11.6 Å². The molecule has 1 aliphatic carbocycles. The van der Waals surface area contributed by atoms with Crippen LogP contribution in [0.15, 0.2) is 47.5 Å². The summed E-state index contributed by atoms with van der Waals surface area (Å²) in [6.07, 6.45) is 6.14. The van der Waals surface area contributed by atoms with E-state index in [0.717, 1.165) is 30.4 Å². The summed E-state index contributed by atoms with van der Waals surface area (Å²) in [5, 5.41) is 2.61. The highest BCUT2D eigenvalue weighted by atomic mass is 19.1. The van der Waals surface area contributed by atoms with Crippen molar-refractivity contribution in [2.75, 3.05) is 0 Å². The molecule has 1 heterocycles. The minimum atomic E-state index is -0.938. The number of nitrogens with one attached hydrogen (secondary N) is 1. The van der Waals surface area contributed by atoms with Gasteiger partial charge in [-0.15, -0.1) is 0 Å². The van der Waals surface area contributed by atoms with E-state index >= 15 is 4.39 Å². The largest absolute Gasteiger partial charge is 0.458 e. The van der Waals surface area contributed by atoms with Gasteiger partial charge in [-0.05, 0) is 82.3 Å². The molecule has 1 spiro atoms. The van der Waals surface area contributed by atoms with Crippen molar-refractivity contribution in [1.82, 2.24) is 5.32 Å². The Hall–Kier alpha value is -3.22. The number of amides is 1. The summed E-state index contributed by atoms with van der Waals surface area (Å²) in [6, 6.07) is 11.1. The monoisotopic (exact) mass is 468 g/mol. The van der Waals surface area contributed by atoms with Gasteiger partial charge >= 0.3 is 6.09 Å². The van der Waals surface area contributed by atoms with E-state index in [1.165, 1.54) is 18.2 Å². The molecule has 1 atom stereocenters. The van der Waals surface area contributed by atoms with Gasteiger partial charge in [0.15, 0.2) is 0 Å². The molecule has 2 aromatic carbocycles. The third-order valence-electron chi connectivity index (χ3n) is 6.11. The Morgan fingerprint density at radius 1 is 1.09 bits per heavy atom. The number of nitrogens with zero attached hydrogens (tertiary/aromatic N) is 1. The van der Waals surface area contributed by atoms with E-state index < -0.39 is 22.8 Å².